The standard InChI is InChI=1S/C12H13ClN2O3/c1-9(16)14-11-6-5-10(4-2-3-7-13)8-12(11)15(17)18/h2,4-6,8H,3,7H2,1H3,(H,14,16). The third-order valence-corrected chi connectivity index (χ3v) is 2.33. The topological polar surface area (TPSA) is 72.2 Å². The fraction of sp³-hybridized carbons (Fsp3) is 0.250. The molecule has 1 amide bonds. The summed E-state index contributed by atoms with van der Waals surface area (Å²) in [5.74, 6) is 0.159. The first-order chi connectivity index (χ1) is 8.54. The van der Waals surface area contributed by atoms with Crippen LogP contribution < -0.4 is 5.32 Å². The lowest BCUT2D eigenvalue weighted by Gasteiger charge is -2.04. The molecule has 1 N–H and O–H groups in total. The summed E-state index contributed by atoms with van der Waals surface area (Å²) >= 11 is 5.53. The zero-order valence-electron chi connectivity index (χ0n) is 9.85. The van der Waals surface area contributed by atoms with Crippen molar-refractivity contribution in [2.24, 2.45) is 0 Å². The molecule has 0 aliphatic rings. The Morgan fingerprint density at radius 1 is 1.56 bits per heavy atom. The molecule has 0 fully saturated rings. The Kier molecular flexibility index (Phi) is 5.32. The Morgan fingerprint density at radius 3 is 2.83 bits per heavy atom. The molecular formula is C12H13ClN2O3. The number of hydrogen-bond donors (Lipinski definition) is 1. The number of amides is 1. The van der Waals surface area contributed by atoms with Gasteiger partial charge in [0, 0.05) is 18.9 Å². The number of carbonyl (C=O) groups excluding carboxylic acids is 1. The summed E-state index contributed by atoms with van der Waals surface area (Å²) < 4.78 is 0. The summed E-state index contributed by atoms with van der Waals surface area (Å²) in [5.41, 5.74) is 0.765. The third kappa shape index (κ3) is 4.18. The number of halogens is 1. The number of nitrogens with zero attached hydrogens (tertiary/aromatic N) is 1. The van der Waals surface area contributed by atoms with Crippen molar-refractivity contribution in [1.82, 2.24) is 0 Å². The van der Waals surface area contributed by atoms with E-state index in [1.807, 2.05) is 6.08 Å². The van der Waals surface area contributed by atoms with Gasteiger partial charge < -0.3 is 5.32 Å². The van der Waals surface area contributed by atoms with Gasteiger partial charge in [0.25, 0.3) is 5.69 Å². The maximum atomic E-state index is 10.9. The number of hydrogen-bond acceptors (Lipinski definition) is 3. The summed E-state index contributed by atoms with van der Waals surface area (Å²) in [6.07, 6.45) is 4.29. The smallest absolute Gasteiger partial charge is 0.293 e. The maximum absolute atomic E-state index is 10.9. The van der Waals surface area contributed by atoms with E-state index in [1.165, 1.54) is 19.1 Å². The number of anilines is 1. The second-order valence-corrected chi connectivity index (χ2v) is 3.97. The van der Waals surface area contributed by atoms with Gasteiger partial charge in [0.15, 0.2) is 0 Å². The molecular weight excluding hydrogens is 256 g/mol. The number of benzene rings is 1. The van der Waals surface area contributed by atoms with E-state index in [4.69, 9.17) is 11.6 Å². The van der Waals surface area contributed by atoms with E-state index in [0.29, 0.717) is 17.9 Å². The molecule has 1 rings (SSSR count). The van der Waals surface area contributed by atoms with Crippen LogP contribution in [0.1, 0.15) is 18.9 Å². The van der Waals surface area contributed by atoms with Crippen molar-refractivity contribution >= 4 is 35.0 Å². The lowest BCUT2D eigenvalue weighted by molar-refractivity contribution is -0.383. The van der Waals surface area contributed by atoms with E-state index in [2.05, 4.69) is 5.32 Å². The van der Waals surface area contributed by atoms with Crippen LogP contribution in [0.15, 0.2) is 24.3 Å². The molecule has 0 aliphatic heterocycles. The lowest BCUT2D eigenvalue weighted by Crippen LogP contribution is -2.08. The number of carbonyl (C=O) groups is 1. The predicted molar refractivity (Wildman–Crippen MR) is 71.8 cm³/mol. The molecule has 0 aliphatic carbocycles. The van der Waals surface area contributed by atoms with Gasteiger partial charge in [0.1, 0.15) is 5.69 Å². The first kappa shape index (κ1) is 14.2. The van der Waals surface area contributed by atoms with Gasteiger partial charge in [0.05, 0.1) is 4.92 Å². The van der Waals surface area contributed by atoms with Gasteiger partial charge in [-0.2, -0.15) is 0 Å². The van der Waals surface area contributed by atoms with E-state index < -0.39 is 4.92 Å². The second kappa shape index (κ2) is 6.76. The number of nitro groups is 1. The molecule has 0 unspecified atom stereocenters. The minimum Gasteiger partial charge on any atom is -0.321 e. The molecule has 0 atom stereocenters. The average Bonchev–Trinajstić information content (AvgIpc) is 2.30. The highest BCUT2D eigenvalue weighted by atomic mass is 35.5. The van der Waals surface area contributed by atoms with Crippen molar-refractivity contribution in [2.75, 3.05) is 11.2 Å². The Hall–Kier alpha value is -1.88. The van der Waals surface area contributed by atoms with Gasteiger partial charge in [0.2, 0.25) is 5.91 Å². The van der Waals surface area contributed by atoms with Gasteiger partial charge in [-0.05, 0) is 18.1 Å². The van der Waals surface area contributed by atoms with Crippen LogP contribution in [-0.4, -0.2) is 16.7 Å². The molecule has 1 aromatic rings. The van der Waals surface area contributed by atoms with Gasteiger partial charge >= 0.3 is 0 Å². The first-order valence-corrected chi connectivity index (χ1v) is 5.86. The molecule has 5 nitrogen and oxygen atoms in total. The third-order valence-electron chi connectivity index (χ3n) is 2.12. The van der Waals surface area contributed by atoms with Crippen molar-refractivity contribution < 1.29 is 9.72 Å². The zero-order valence-corrected chi connectivity index (χ0v) is 10.6. The monoisotopic (exact) mass is 268 g/mol. The molecule has 6 heteroatoms. The summed E-state index contributed by atoms with van der Waals surface area (Å²) in [4.78, 5) is 21.3. The van der Waals surface area contributed by atoms with E-state index in [-0.39, 0.29) is 17.3 Å². The number of allylic oxidation sites excluding steroid dienone is 1. The molecule has 96 valence electrons. The first-order valence-electron chi connectivity index (χ1n) is 5.33. The maximum Gasteiger partial charge on any atom is 0.293 e. The van der Waals surface area contributed by atoms with Crippen molar-refractivity contribution in [3.8, 4) is 0 Å². The van der Waals surface area contributed by atoms with E-state index >= 15 is 0 Å². The largest absolute Gasteiger partial charge is 0.321 e. The Morgan fingerprint density at radius 2 is 2.28 bits per heavy atom. The summed E-state index contributed by atoms with van der Waals surface area (Å²) in [7, 11) is 0. The zero-order chi connectivity index (χ0) is 13.5. The molecule has 0 heterocycles. The van der Waals surface area contributed by atoms with E-state index in [0.717, 1.165) is 0 Å². The molecule has 18 heavy (non-hydrogen) atoms. The summed E-state index contributed by atoms with van der Waals surface area (Å²) in [5, 5.41) is 13.3. The number of alkyl halides is 1. The molecule has 0 aromatic heterocycles. The Bertz CT molecular complexity index is 486. The van der Waals surface area contributed by atoms with Gasteiger partial charge in [-0.1, -0.05) is 18.2 Å². The van der Waals surface area contributed by atoms with Crippen molar-refractivity contribution in [3.05, 3.63) is 40.0 Å². The second-order valence-electron chi connectivity index (χ2n) is 3.59. The fourth-order valence-corrected chi connectivity index (χ4v) is 1.51. The van der Waals surface area contributed by atoms with Gasteiger partial charge in [-0.25, -0.2) is 0 Å². The van der Waals surface area contributed by atoms with Crippen molar-refractivity contribution in [1.29, 1.82) is 0 Å². The molecule has 0 saturated carbocycles. The Balaban J connectivity index is 3.03. The lowest BCUT2D eigenvalue weighted by atomic mass is 10.1. The highest BCUT2D eigenvalue weighted by Crippen LogP contribution is 2.26. The van der Waals surface area contributed by atoms with Crippen LogP contribution in [0.5, 0.6) is 0 Å². The van der Waals surface area contributed by atoms with E-state index in [1.54, 1.807) is 12.1 Å². The highest BCUT2D eigenvalue weighted by Gasteiger charge is 2.14. The molecule has 0 spiro atoms. The quantitative estimate of drug-likeness (QED) is 0.506. The number of nitro benzene ring substituents is 1. The van der Waals surface area contributed by atoms with Gasteiger partial charge in [-0.3, -0.25) is 14.9 Å². The van der Waals surface area contributed by atoms with Crippen molar-refractivity contribution in [2.45, 2.75) is 13.3 Å². The fourth-order valence-electron chi connectivity index (χ4n) is 1.38. The summed E-state index contributed by atoms with van der Waals surface area (Å²) in [6.45, 7) is 1.30. The molecule has 0 saturated heterocycles. The summed E-state index contributed by atoms with van der Waals surface area (Å²) in [6, 6.07) is 4.62. The molecule has 0 bridgehead atoms. The van der Waals surface area contributed by atoms with E-state index in [9.17, 15) is 14.9 Å². The highest BCUT2D eigenvalue weighted by molar-refractivity contribution is 6.17. The Labute approximate surface area is 110 Å². The van der Waals surface area contributed by atoms with Crippen LogP contribution in [0.4, 0.5) is 11.4 Å². The molecule has 0 radical (unpaired) electrons. The predicted octanol–water partition coefficient (Wildman–Crippen LogP) is 3.20. The minimum atomic E-state index is -0.524. The normalized spacial score (nSPS) is 10.6. The SMILES string of the molecule is CC(=O)Nc1ccc(C=CCCCl)cc1[N+](=O)[O-]. The van der Waals surface area contributed by atoms with Crippen LogP contribution in [-0.2, 0) is 4.79 Å². The van der Waals surface area contributed by atoms with Crippen LogP contribution >= 0.6 is 11.6 Å². The van der Waals surface area contributed by atoms with Crippen molar-refractivity contribution in [3.63, 3.8) is 0 Å². The number of rotatable bonds is 5. The van der Waals surface area contributed by atoms with Gasteiger partial charge in [-0.15, -0.1) is 11.6 Å². The number of nitrogens with one attached hydrogen (secondary N) is 1. The molecule has 1 aromatic carbocycles. The average molecular weight is 269 g/mol. The minimum absolute atomic E-state index is 0.127. The van der Waals surface area contributed by atoms with Crippen LogP contribution in [0, 0.1) is 10.1 Å². The van der Waals surface area contributed by atoms with Crippen LogP contribution in [0.2, 0.25) is 0 Å². The van der Waals surface area contributed by atoms with Crippen LogP contribution in [0.3, 0.4) is 0 Å². The van der Waals surface area contributed by atoms with Crippen LogP contribution in [0.25, 0.3) is 6.08 Å².